The van der Waals surface area contributed by atoms with Gasteiger partial charge < -0.3 is 19.9 Å². The number of piperazine rings is 1. The maximum atomic E-state index is 13.2. The molecule has 0 radical (unpaired) electrons. The number of rotatable bonds is 5. The second kappa shape index (κ2) is 7.38. The first-order valence-corrected chi connectivity index (χ1v) is 7.12. The van der Waals surface area contributed by atoms with E-state index < -0.39 is 0 Å². The van der Waals surface area contributed by atoms with Crippen molar-refractivity contribution >= 4 is 5.91 Å². The number of hydrogen-bond acceptors (Lipinski definition) is 4. The minimum absolute atomic E-state index is 0.00788. The molecule has 1 saturated heterocycles. The maximum Gasteiger partial charge on any atom is 0.260 e. The van der Waals surface area contributed by atoms with Crippen LogP contribution in [0.3, 0.4) is 0 Å². The van der Waals surface area contributed by atoms with Crippen molar-refractivity contribution in [2.24, 2.45) is 0 Å². The Morgan fingerprint density at radius 2 is 2.05 bits per heavy atom. The van der Waals surface area contributed by atoms with E-state index >= 15 is 0 Å². The number of nitrogens with zero attached hydrogens (tertiary/aromatic N) is 2. The molecule has 21 heavy (non-hydrogen) atoms. The first kappa shape index (κ1) is 15.7. The molecule has 0 aromatic heterocycles. The number of benzene rings is 1. The van der Waals surface area contributed by atoms with Gasteiger partial charge in [0.05, 0.1) is 0 Å². The molecule has 0 bridgehead atoms. The van der Waals surface area contributed by atoms with Crippen molar-refractivity contribution in [2.45, 2.75) is 6.54 Å². The van der Waals surface area contributed by atoms with Crippen molar-refractivity contribution in [2.75, 3.05) is 46.9 Å². The van der Waals surface area contributed by atoms with Gasteiger partial charge >= 0.3 is 0 Å². The molecule has 0 aliphatic carbocycles. The smallest absolute Gasteiger partial charge is 0.260 e. The quantitative estimate of drug-likeness (QED) is 0.868. The highest BCUT2D eigenvalue weighted by atomic mass is 19.1. The van der Waals surface area contributed by atoms with Gasteiger partial charge in [0.25, 0.3) is 5.91 Å². The van der Waals surface area contributed by atoms with Gasteiger partial charge in [-0.25, -0.2) is 4.39 Å². The molecular weight excluding hydrogens is 273 g/mol. The van der Waals surface area contributed by atoms with Crippen LogP contribution < -0.4 is 10.1 Å². The Morgan fingerprint density at radius 1 is 1.33 bits per heavy atom. The summed E-state index contributed by atoms with van der Waals surface area (Å²) in [5, 5.41) is 2.96. The van der Waals surface area contributed by atoms with Gasteiger partial charge in [0, 0.05) is 38.3 Å². The molecule has 1 aliphatic heterocycles. The van der Waals surface area contributed by atoms with E-state index in [0.717, 1.165) is 26.2 Å². The van der Waals surface area contributed by atoms with Crippen LogP contribution in [-0.2, 0) is 11.3 Å². The molecule has 1 N–H and O–H groups in total. The summed E-state index contributed by atoms with van der Waals surface area (Å²) in [4.78, 5) is 16.1. The highest BCUT2D eigenvalue weighted by Gasteiger charge is 2.19. The Hall–Kier alpha value is -1.66. The van der Waals surface area contributed by atoms with E-state index in [1.54, 1.807) is 18.0 Å². The van der Waals surface area contributed by atoms with Gasteiger partial charge in [-0.05, 0) is 32.3 Å². The summed E-state index contributed by atoms with van der Waals surface area (Å²) in [6.45, 7) is 3.71. The predicted octanol–water partition coefficient (Wildman–Crippen LogP) is 0.698. The van der Waals surface area contributed by atoms with E-state index in [4.69, 9.17) is 4.74 Å². The van der Waals surface area contributed by atoms with Crippen molar-refractivity contribution in [3.8, 4) is 5.75 Å². The van der Waals surface area contributed by atoms with E-state index in [9.17, 15) is 9.18 Å². The number of halogens is 1. The summed E-state index contributed by atoms with van der Waals surface area (Å²) < 4.78 is 18.8. The lowest BCUT2D eigenvalue weighted by atomic mass is 10.2. The van der Waals surface area contributed by atoms with Crippen LogP contribution in [0.4, 0.5) is 4.39 Å². The standard InChI is InChI=1S/C15H22FN3O2/c1-17-10-12-9-13(16)3-4-14(12)21-11-15(20)19-7-5-18(2)6-8-19/h3-4,9,17H,5-8,10-11H2,1-2H3. The summed E-state index contributed by atoms with van der Waals surface area (Å²) in [6.07, 6.45) is 0. The molecule has 6 heteroatoms. The Balaban J connectivity index is 1.91. The first-order chi connectivity index (χ1) is 10.1. The zero-order chi connectivity index (χ0) is 15.2. The first-order valence-electron chi connectivity index (χ1n) is 7.12. The van der Waals surface area contributed by atoms with Gasteiger partial charge in [0.2, 0.25) is 0 Å². The van der Waals surface area contributed by atoms with Gasteiger partial charge in [-0.3, -0.25) is 4.79 Å². The molecule has 1 aliphatic rings. The fourth-order valence-corrected chi connectivity index (χ4v) is 2.30. The fraction of sp³-hybridized carbons (Fsp3) is 0.533. The Morgan fingerprint density at radius 3 is 2.71 bits per heavy atom. The molecule has 116 valence electrons. The molecule has 1 fully saturated rings. The average molecular weight is 295 g/mol. The van der Waals surface area contributed by atoms with Crippen LogP contribution in [0.15, 0.2) is 18.2 Å². The van der Waals surface area contributed by atoms with Gasteiger partial charge in [-0.2, -0.15) is 0 Å². The summed E-state index contributed by atoms with van der Waals surface area (Å²) in [7, 11) is 3.82. The third-order valence-corrected chi connectivity index (χ3v) is 3.60. The number of nitrogens with one attached hydrogen (secondary N) is 1. The minimum Gasteiger partial charge on any atom is -0.483 e. The van der Waals surface area contributed by atoms with Crippen molar-refractivity contribution in [1.29, 1.82) is 0 Å². The second-order valence-corrected chi connectivity index (χ2v) is 5.26. The Labute approximate surface area is 124 Å². The lowest BCUT2D eigenvalue weighted by Gasteiger charge is -2.32. The normalized spacial score (nSPS) is 16.0. The number of likely N-dealkylation sites (N-methyl/N-ethyl adjacent to an activating group) is 1. The molecule has 0 atom stereocenters. The number of carbonyl (C=O) groups excluding carboxylic acids is 1. The monoisotopic (exact) mass is 295 g/mol. The molecule has 0 saturated carbocycles. The summed E-state index contributed by atoms with van der Waals surface area (Å²) >= 11 is 0. The van der Waals surface area contributed by atoms with Crippen molar-refractivity contribution < 1.29 is 13.9 Å². The number of carbonyl (C=O) groups is 1. The fourth-order valence-electron chi connectivity index (χ4n) is 2.30. The highest BCUT2D eigenvalue weighted by molar-refractivity contribution is 5.78. The van der Waals surface area contributed by atoms with Crippen molar-refractivity contribution in [3.63, 3.8) is 0 Å². The maximum absolute atomic E-state index is 13.2. The van der Waals surface area contributed by atoms with Crippen molar-refractivity contribution in [1.82, 2.24) is 15.1 Å². The lowest BCUT2D eigenvalue weighted by molar-refractivity contribution is -0.134. The van der Waals surface area contributed by atoms with Crippen LogP contribution in [-0.4, -0.2) is 62.6 Å². The van der Waals surface area contributed by atoms with Crippen LogP contribution in [0.1, 0.15) is 5.56 Å². The molecule has 5 nitrogen and oxygen atoms in total. The number of ether oxygens (including phenoxy) is 1. The third kappa shape index (κ3) is 4.41. The van der Waals surface area contributed by atoms with E-state index in [2.05, 4.69) is 10.2 Å². The molecule has 1 aromatic rings. The van der Waals surface area contributed by atoms with Crippen LogP contribution in [0.2, 0.25) is 0 Å². The zero-order valence-electron chi connectivity index (χ0n) is 12.6. The molecule has 1 amide bonds. The number of hydrogen-bond donors (Lipinski definition) is 1. The SMILES string of the molecule is CNCc1cc(F)ccc1OCC(=O)N1CCN(C)CC1. The van der Waals surface area contributed by atoms with Crippen LogP contribution in [0.25, 0.3) is 0 Å². The Bertz CT molecular complexity index is 488. The third-order valence-electron chi connectivity index (χ3n) is 3.60. The highest BCUT2D eigenvalue weighted by Crippen LogP contribution is 2.19. The van der Waals surface area contributed by atoms with E-state index in [0.29, 0.717) is 17.9 Å². The molecular formula is C15H22FN3O2. The van der Waals surface area contributed by atoms with Gasteiger partial charge in [-0.15, -0.1) is 0 Å². The van der Waals surface area contributed by atoms with E-state index in [1.165, 1.54) is 12.1 Å². The minimum atomic E-state index is -0.307. The zero-order valence-corrected chi connectivity index (χ0v) is 12.6. The summed E-state index contributed by atoms with van der Waals surface area (Å²) in [6, 6.07) is 4.33. The molecule has 0 unspecified atom stereocenters. The summed E-state index contributed by atoms with van der Waals surface area (Å²) in [5.41, 5.74) is 0.712. The van der Waals surface area contributed by atoms with Gasteiger partial charge in [-0.1, -0.05) is 0 Å². The van der Waals surface area contributed by atoms with Crippen LogP contribution >= 0.6 is 0 Å². The summed E-state index contributed by atoms with van der Waals surface area (Å²) in [5.74, 6) is 0.217. The lowest BCUT2D eigenvalue weighted by Crippen LogP contribution is -2.48. The molecule has 1 heterocycles. The molecule has 1 aromatic carbocycles. The predicted molar refractivity (Wildman–Crippen MR) is 78.7 cm³/mol. The number of amides is 1. The van der Waals surface area contributed by atoms with Gasteiger partial charge in [0.15, 0.2) is 6.61 Å². The van der Waals surface area contributed by atoms with E-state index in [1.807, 2.05) is 7.05 Å². The van der Waals surface area contributed by atoms with Crippen LogP contribution in [0.5, 0.6) is 5.75 Å². The average Bonchev–Trinajstić information content (AvgIpc) is 2.47. The van der Waals surface area contributed by atoms with Crippen LogP contribution in [0, 0.1) is 5.82 Å². The van der Waals surface area contributed by atoms with Crippen molar-refractivity contribution in [3.05, 3.63) is 29.6 Å². The van der Waals surface area contributed by atoms with E-state index in [-0.39, 0.29) is 18.3 Å². The largest absolute Gasteiger partial charge is 0.483 e. The Kier molecular flexibility index (Phi) is 5.52. The molecule has 2 rings (SSSR count). The second-order valence-electron chi connectivity index (χ2n) is 5.26. The van der Waals surface area contributed by atoms with Gasteiger partial charge in [0.1, 0.15) is 11.6 Å². The topological polar surface area (TPSA) is 44.8 Å². The molecule has 0 spiro atoms.